The molecular weight excluding hydrogens is 340 g/mol. The summed E-state index contributed by atoms with van der Waals surface area (Å²) in [6.07, 6.45) is 0.996. The molecule has 0 fully saturated rings. The van der Waals surface area contributed by atoms with E-state index < -0.39 is 5.82 Å². The lowest BCUT2D eigenvalue weighted by molar-refractivity contribution is 0.432. The van der Waals surface area contributed by atoms with Gasteiger partial charge < -0.3 is 10.1 Å². The molecule has 0 aliphatic carbocycles. The lowest BCUT2D eigenvalue weighted by atomic mass is 10.2. The molecule has 0 unspecified atom stereocenters. The molecule has 5 heteroatoms. The van der Waals surface area contributed by atoms with Crippen LogP contribution in [0.15, 0.2) is 40.9 Å². The summed E-state index contributed by atoms with van der Waals surface area (Å²) in [7, 11) is 0. The summed E-state index contributed by atoms with van der Waals surface area (Å²) in [6, 6.07) is 9.01. The van der Waals surface area contributed by atoms with Crippen LogP contribution in [0.3, 0.4) is 0 Å². The molecule has 2 rings (SSSR count). The van der Waals surface area contributed by atoms with Gasteiger partial charge >= 0.3 is 0 Å². The zero-order valence-corrected chi connectivity index (χ0v) is 13.2. The van der Waals surface area contributed by atoms with Crippen molar-refractivity contribution < 1.29 is 13.5 Å². The maximum Gasteiger partial charge on any atom is 0.167 e. The SMILES string of the molecule is CCCNCc1cccc(F)c1Oc1ccc(F)c(Br)c1. The average molecular weight is 356 g/mol. The van der Waals surface area contributed by atoms with Crippen molar-refractivity contribution >= 4 is 15.9 Å². The van der Waals surface area contributed by atoms with Crippen LogP contribution >= 0.6 is 15.9 Å². The number of halogens is 3. The molecule has 0 saturated carbocycles. The van der Waals surface area contributed by atoms with Crippen LogP contribution in [0.25, 0.3) is 0 Å². The molecule has 2 aromatic carbocycles. The Labute approximate surface area is 131 Å². The maximum atomic E-state index is 14.0. The van der Waals surface area contributed by atoms with Crippen LogP contribution in [0.2, 0.25) is 0 Å². The van der Waals surface area contributed by atoms with Gasteiger partial charge in [-0.2, -0.15) is 0 Å². The van der Waals surface area contributed by atoms with E-state index in [0.29, 0.717) is 12.3 Å². The minimum absolute atomic E-state index is 0.166. The van der Waals surface area contributed by atoms with E-state index in [0.717, 1.165) is 18.5 Å². The van der Waals surface area contributed by atoms with Crippen molar-refractivity contribution in [3.8, 4) is 11.5 Å². The van der Waals surface area contributed by atoms with Crippen LogP contribution in [0.4, 0.5) is 8.78 Å². The summed E-state index contributed by atoms with van der Waals surface area (Å²) in [4.78, 5) is 0. The lowest BCUT2D eigenvalue weighted by Gasteiger charge is -2.13. The van der Waals surface area contributed by atoms with Gasteiger partial charge in [0.05, 0.1) is 4.47 Å². The third kappa shape index (κ3) is 4.25. The van der Waals surface area contributed by atoms with Gasteiger partial charge in [-0.05, 0) is 53.2 Å². The zero-order valence-electron chi connectivity index (χ0n) is 11.6. The third-order valence-electron chi connectivity index (χ3n) is 2.90. The van der Waals surface area contributed by atoms with E-state index in [9.17, 15) is 8.78 Å². The molecule has 21 heavy (non-hydrogen) atoms. The highest BCUT2D eigenvalue weighted by atomic mass is 79.9. The normalized spacial score (nSPS) is 10.7. The van der Waals surface area contributed by atoms with Gasteiger partial charge in [-0.1, -0.05) is 19.1 Å². The van der Waals surface area contributed by atoms with E-state index in [2.05, 4.69) is 28.2 Å². The number of rotatable bonds is 6. The molecule has 0 aromatic heterocycles. The van der Waals surface area contributed by atoms with Crippen molar-refractivity contribution in [2.45, 2.75) is 19.9 Å². The van der Waals surface area contributed by atoms with Gasteiger partial charge in [0.15, 0.2) is 11.6 Å². The highest BCUT2D eigenvalue weighted by Gasteiger charge is 2.11. The fourth-order valence-electron chi connectivity index (χ4n) is 1.87. The first-order valence-corrected chi connectivity index (χ1v) is 7.52. The van der Waals surface area contributed by atoms with Crippen LogP contribution in [0, 0.1) is 11.6 Å². The Bertz CT molecular complexity index is 619. The fourth-order valence-corrected chi connectivity index (χ4v) is 2.22. The Kier molecular flexibility index (Phi) is 5.70. The molecule has 0 spiro atoms. The molecule has 2 aromatic rings. The zero-order chi connectivity index (χ0) is 15.2. The Hall–Kier alpha value is -1.46. The van der Waals surface area contributed by atoms with Gasteiger partial charge in [0.1, 0.15) is 11.6 Å². The molecule has 0 aliphatic rings. The van der Waals surface area contributed by atoms with E-state index in [1.54, 1.807) is 12.1 Å². The van der Waals surface area contributed by atoms with Gasteiger partial charge in [0.2, 0.25) is 0 Å². The predicted octanol–water partition coefficient (Wildman–Crippen LogP) is 5.02. The average Bonchev–Trinajstić information content (AvgIpc) is 2.46. The Morgan fingerprint density at radius 2 is 1.95 bits per heavy atom. The molecule has 0 amide bonds. The first-order chi connectivity index (χ1) is 10.1. The summed E-state index contributed by atoms with van der Waals surface area (Å²) < 4.78 is 33.1. The Balaban J connectivity index is 2.23. The van der Waals surface area contributed by atoms with Crippen molar-refractivity contribution in [1.82, 2.24) is 5.32 Å². The first-order valence-electron chi connectivity index (χ1n) is 6.73. The number of hydrogen-bond donors (Lipinski definition) is 1. The summed E-state index contributed by atoms with van der Waals surface area (Å²) in [5.74, 6) is -0.281. The maximum absolute atomic E-state index is 14.0. The van der Waals surface area contributed by atoms with Crippen molar-refractivity contribution in [2.75, 3.05) is 6.54 Å². The van der Waals surface area contributed by atoms with Gasteiger partial charge in [-0.15, -0.1) is 0 Å². The molecule has 0 aliphatic heterocycles. The summed E-state index contributed by atoms with van der Waals surface area (Å²) in [5, 5.41) is 3.21. The van der Waals surface area contributed by atoms with E-state index in [4.69, 9.17) is 4.74 Å². The van der Waals surface area contributed by atoms with E-state index in [1.165, 1.54) is 24.3 Å². The second kappa shape index (κ2) is 7.52. The van der Waals surface area contributed by atoms with Crippen molar-refractivity contribution in [2.24, 2.45) is 0 Å². The van der Waals surface area contributed by atoms with Gasteiger partial charge in [-0.3, -0.25) is 0 Å². The summed E-state index contributed by atoms with van der Waals surface area (Å²) >= 11 is 3.09. The molecule has 0 bridgehead atoms. The molecule has 0 heterocycles. The smallest absolute Gasteiger partial charge is 0.167 e. The van der Waals surface area contributed by atoms with Gasteiger partial charge in [0, 0.05) is 12.1 Å². The molecule has 112 valence electrons. The van der Waals surface area contributed by atoms with Crippen LogP contribution in [0.1, 0.15) is 18.9 Å². The van der Waals surface area contributed by atoms with Gasteiger partial charge in [0.25, 0.3) is 0 Å². The number of ether oxygens (including phenoxy) is 1. The standard InChI is InChI=1S/C16H16BrF2NO/c1-2-8-20-10-11-4-3-5-15(19)16(11)21-12-6-7-14(18)13(17)9-12/h3-7,9,20H,2,8,10H2,1H3. The van der Waals surface area contributed by atoms with E-state index in [1.807, 2.05) is 0 Å². The predicted molar refractivity (Wildman–Crippen MR) is 82.6 cm³/mol. The minimum Gasteiger partial charge on any atom is -0.454 e. The molecule has 0 saturated heterocycles. The van der Waals surface area contributed by atoms with Crippen molar-refractivity contribution in [1.29, 1.82) is 0 Å². The summed E-state index contributed by atoms with van der Waals surface area (Å²) in [5.41, 5.74) is 0.726. The van der Waals surface area contributed by atoms with Crippen LogP contribution < -0.4 is 10.1 Å². The van der Waals surface area contributed by atoms with Crippen LogP contribution in [-0.2, 0) is 6.54 Å². The van der Waals surface area contributed by atoms with Gasteiger partial charge in [-0.25, -0.2) is 8.78 Å². The first kappa shape index (κ1) is 15.9. The molecule has 1 N–H and O–H groups in total. The minimum atomic E-state index is -0.439. The topological polar surface area (TPSA) is 21.3 Å². The second-order valence-electron chi connectivity index (χ2n) is 4.58. The number of benzene rings is 2. The molecule has 0 atom stereocenters. The number of para-hydroxylation sites is 1. The highest BCUT2D eigenvalue weighted by Crippen LogP contribution is 2.30. The van der Waals surface area contributed by atoms with E-state index in [-0.39, 0.29) is 16.0 Å². The van der Waals surface area contributed by atoms with Crippen LogP contribution in [0.5, 0.6) is 11.5 Å². The van der Waals surface area contributed by atoms with Crippen LogP contribution in [-0.4, -0.2) is 6.54 Å². The third-order valence-corrected chi connectivity index (χ3v) is 3.51. The number of hydrogen-bond acceptors (Lipinski definition) is 2. The lowest BCUT2D eigenvalue weighted by Crippen LogP contribution is -2.14. The fraction of sp³-hybridized carbons (Fsp3) is 0.250. The quantitative estimate of drug-likeness (QED) is 0.734. The Morgan fingerprint density at radius 3 is 2.67 bits per heavy atom. The number of nitrogens with one attached hydrogen (secondary N) is 1. The van der Waals surface area contributed by atoms with Crippen molar-refractivity contribution in [3.63, 3.8) is 0 Å². The Morgan fingerprint density at radius 1 is 1.14 bits per heavy atom. The summed E-state index contributed by atoms with van der Waals surface area (Å²) in [6.45, 7) is 3.42. The van der Waals surface area contributed by atoms with Crippen molar-refractivity contribution in [3.05, 3.63) is 58.1 Å². The second-order valence-corrected chi connectivity index (χ2v) is 5.44. The monoisotopic (exact) mass is 355 g/mol. The van der Waals surface area contributed by atoms with E-state index >= 15 is 0 Å². The largest absolute Gasteiger partial charge is 0.454 e. The molecule has 0 radical (unpaired) electrons. The highest BCUT2D eigenvalue weighted by molar-refractivity contribution is 9.10. The molecule has 2 nitrogen and oxygen atoms in total. The molecular formula is C16H16BrF2NO.